The number of nitrogens with one attached hydrogen (secondary N) is 1. The van der Waals surface area contributed by atoms with Gasteiger partial charge in [0.05, 0.1) is 18.8 Å². The van der Waals surface area contributed by atoms with Crippen molar-refractivity contribution in [3.63, 3.8) is 0 Å². The Bertz CT molecular complexity index is 225. The molecule has 100 valence electrons. The molecule has 0 aromatic carbocycles. The standard InChI is InChI=1S/C13H26N2O2/c1-3-15-7-8-17-11(10-15)9-14-12-5-4-6-13(12)16-2/h11-14H,3-10H2,1-2H3. The highest BCUT2D eigenvalue weighted by Gasteiger charge is 2.28. The molecule has 0 bridgehead atoms. The van der Waals surface area contributed by atoms with Gasteiger partial charge in [-0.25, -0.2) is 0 Å². The Labute approximate surface area is 105 Å². The van der Waals surface area contributed by atoms with Crippen molar-refractivity contribution in [2.45, 2.75) is 44.4 Å². The summed E-state index contributed by atoms with van der Waals surface area (Å²) in [7, 11) is 1.82. The number of nitrogens with zero attached hydrogens (tertiary/aromatic N) is 1. The third-order valence-electron chi connectivity index (χ3n) is 4.03. The van der Waals surface area contributed by atoms with E-state index in [1.807, 2.05) is 7.11 Å². The van der Waals surface area contributed by atoms with Gasteiger partial charge in [0.15, 0.2) is 0 Å². The van der Waals surface area contributed by atoms with E-state index in [9.17, 15) is 0 Å². The zero-order chi connectivity index (χ0) is 12.1. The van der Waals surface area contributed by atoms with Crippen LogP contribution in [0.3, 0.4) is 0 Å². The fourth-order valence-electron chi connectivity index (χ4n) is 2.92. The predicted molar refractivity (Wildman–Crippen MR) is 68.3 cm³/mol. The lowest BCUT2D eigenvalue weighted by molar-refractivity contribution is -0.0286. The summed E-state index contributed by atoms with van der Waals surface area (Å²) in [6.45, 7) is 7.32. The summed E-state index contributed by atoms with van der Waals surface area (Å²) >= 11 is 0. The Morgan fingerprint density at radius 3 is 3.06 bits per heavy atom. The molecule has 2 fully saturated rings. The molecule has 0 spiro atoms. The molecule has 1 heterocycles. The number of methoxy groups -OCH3 is 1. The highest BCUT2D eigenvalue weighted by Crippen LogP contribution is 2.21. The zero-order valence-electron chi connectivity index (χ0n) is 11.2. The van der Waals surface area contributed by atoms with Crippen molar-refractivity contribution in [3.8, 4) is 0 Å². The summed E-state index contributed by atoms with van der Waals surface area (Å²) < 4.78 is 11.3. The van der Waals surface area contributed by atoms with Crippen LogP contribution in [0.2, 0.25) is 0 Å². The average molecular weight is 242 g/mol. The summed E-state index contributed by atoms with van der Waals surface area (Å²) in [5.41, 5.74) is 0. The molecule has 2 rings (SSSR count). The van der Waals surface area contributed by atoms with Crippen LogP contribution < -0.4 is 5.32 Å². The lowest BCUT2D eigenvalue weighted by atomic mass is 10.2. The molecular formula is C13H26N2O2. The SMILES string of the molecule is CCN1CCOC(CNC2CCCC2OC)C1. The van der Waals surface area contributed by atoms with Crippen molar-refractivity contribution < 1.29 is 9.47 Å². The van der Waals surface area contributed by atoms with E-state index in [1.54, 1.807) is 0 Å². The second-order valence-electron chi connectivity index (χ2n) is 5.11. The van der Waals surface area contributed by atoms with Crippen LogP contribution in [0.15, 0.2) is 0 Å². The van der Waals surface area contributed by atoms with Crippen molar-refractivity contribution >= 4 is 0 Å². The molecule has 1 N–H and O–H groups in total. The maximum Gasteiger partial charge on any atom is 0.0826 e. The molecule has 3 unspecified atom stereocenters. The normalized spacial score (nSPS) is 35.3. The molecule has 0 radical (unpaired) electrons. The smallest absolute Gasteiger partial charge is 0.0826 e. The molecule has 17 heavy (non-hydrogen) atoms. The van der Waals surface area contributed by atoms with Gasteiger partial charge in [-0.15, -0.1) is 0 Å². The molecule has 4 heteroatoms. The van der Waals surface area contributed by atoms with Gasteiger partial charge in [0.1, 0.15) is 0 Å². The first-order chi connectivity index (χ1) is 8.33. The third kappa shape index (κ3) is 3.65. The maximum atomic E-state index is 5.79. The van der Waals surface area contributed by atoms with E-state index < -0.39 is 0 Å². The summed E-state index contributed by atoms with van der Waals surface area (Å²) in [5.74, 6) is 0. The van der Waals surface area contributed by atoms with E-state index in [-0.39, 0.29) is 0 Å². The lowest BCUT2D eigenvalue weighted by Gasteiger charge is -2.33. The Balaban J connectivity index is 1.70. The van der Waals surface area contributed by atoms with Crippen molar-refractivity contribution in [2.24, 2.45) is 0 Å². The first-order valence-corrected chi connectivity index (χ1v) is 6.93. The molecule has 1 saturated heterocycles. The molecule has 0 aromatic heterocycles. The molecule has 2 aliphatic rings. The summed E-state index contributed by atoms with van der Waals surface area (Å²) in [6, 6.07) is 0.528. The maximum absolute atomic E-state index is 5.79. The Morgan fingerprint density at radius 1 is 1.41 bits per heavy atom. The van der Waals surface area contributed by atoms with E-state index in [1.165, 1.54) is 19.3 Å². The second-order valence-corrected chi connectivity index (χ2v) is 5.11. The second kappa shape index (κ2) is 6.69. The monoisotopic (exact) mass is 242 g/mol. The van der Waals surface area contributed by atoms with Crippen molar-refractivity contribution in [2.75, 3.05) is 39.9 Å². The number of likely N-dealkylation sites (N-methyl/N-ethyl adjacent to an activating group) is 1. The van der Waals surface area contributed by atoms with Crippen molar-refractivity contribution in [1.82, 2.24) is 10.2 Å². The molecule has 0 amide bonds. The van der Waals surface area contributed by atoms with Crippen LogP contribution in [-0.2, 0) is 9.47 Å². The van der Waals surface area contributed by atoms with Gasteiger partial charge >= 0.3 is 0 Å². The van der Waals surface area contributed by atoms with Crippen LogP contribution >= 0.6 is 0 Å². The third-order valence-corrected chi connectivity index (χ3v) is 4.03. The minimum absolute atomic E-state index is 0.349. The fraction of sp³-hybridized carbons (Fsp3) is 1.00. The van der Waals surface area contributed by atoms with Gasteiger partial charge in [0.2, 0.25) is 0 Å². The van der Waals surface area contributed by atoms with Gasteiger partial charge in [-0.1, -0.05) is 6.92 Å². The van der Waals surface area contributed by atoms with E-state index in [0.29, 0.717) is 18.2 Å². The van der Waals surface area contributed by atoms with Gasteiger partial charge in [0, 0.05) is 32.8 Å². The van der Waals surface area contributed by atoms with Crippen molar-refractivity contribution in [3.05, 3.63) is 0 Å². The van der Waals surface area contributed by atoms with Gasteiger partial charge < -0.3 is 14.8 Å². The van der Waals surface area contributed by atoms with Gasteiger partial charge in [0.25, 0.3) is 0 Å². The molecular weight excluding hydrogens is 216 g/mol. The fourth-order valence-corrected chi connectivity index (χ4v) is 2.92. The lowest BCUT2D eigenvalue weighted by Crippen LogP contribution is -2.49. The number of morpholine rings is 1. The molecule has 3 atom stereocenters. The van der Waals surface area contributed by atoms with Gasteiger partial charge in [-0.3, -0.25) is 4.90 Å². The summed E-state index contributed by atoms with van der Waals surface area (Å²) in [6.07, 6.45) is 4.47. The minimum Gasteiger partial charge on any atom is -0.380 e. The number of ether oxygens (including phenoxy) is 2. The zero-order valence-corrected chi connectivity index (χ0v) is 11.2. The highest BCUT2D eigenvalue weighted by atomic mass is 16.5. The highest BCUT2D eigenvalue weighted by molar-refractivity contribution is 4.85. The van der Waals surface area contributed by atoms with Crippen LogP contribution in [0.4, 0.5) is 0 Å². The summed E-state index contributed by atoms with van der Waals surface area (Å²) in [5, 5.41) is 3.62. The Hall–Kier alpha value is -0.160. The average Bonchev–Trinajstić information content (AvgIpc) is 2.84. The number of hydrogen-bond donors (Lipinski definition) is 1. The number of rotatable bonds is 5. The minimum atomic E-state index is 0.349. The van der Waals surface area contributed by atoms with Crippen LogP contribution in [0.1, 0.15) is 26.2 Å². The Morgan fingerprint density at radius 2 is 2.29 bits per heavy atom. The molecule has 1 saturated carbocycles. The van der Waals surface area contributed by atoms with Gasteiger partial charge in [-0.2, -0.15) is 0 Å². The van der Waals surface area contributed by atoms with Crippen molar-refractivity contribution in [1.29, 1.82) is 0 Å². The predicted octanol–water partition coefficient (Wildman–Crippen LogP) is 0.864. The summed E-state index contributed by atoms with van der Waals surface area (Å²) in [4.78, 5) is 2.46. The topological polar surface area (TPSA) is 33.7 Å². The van der Waals surface area contributed by atoms with Crippen LogP contribution in [0.25, 0.3) is 0 Å². The quantitative estimate of drug-likeness (QED) is 0.775. The number of hydrogen-bond acceptors (Lipinski definition) is 4. The largest absolute Gasteiger partial charge is 0.380 e. The molecule has 4 nitrogen and oxygen atoms in total. The van der Waals surface area contributed by atoms with Crippen LogP contribution in [0.5, 0.6) is 0 Å². The first kappa shape index (κ1) is 13.3. The molecule has 1 aliphatic heterocycles. The molecule has 1 aliphatic carbocycles. The molecule has 0 aromatic rings. The van der Waals surface area contributed by atoms with Crippen LogP contribution in [-0.4, -0.2) is 63.0 Å². The van der Waals surface area contributed by atoms with E-state index >= 15 is 0 Å². The van der Waals surface area contributed by atoms with Gasteiger partial charge in [-0.05, 0) is 25.8 Å². The van der Waals surface area contributed by atoms with E-state index in [2.05, 4.69) is 17.1 Å². The first-order valence-electron chi connectivity index (χ1n) is 6.93. The van der Waals surface area contributed by atoms with Crippen LogP contribution in [0, 0.1) is 0 Å². The van der Waals surface area contributed by atoms with E-state index in [0.717, 1.165) is 32.8 Å². The Kier molecular flexibility index (Phi) is 5.22. The van der Waals surface area contributed by atoms with E-state index in [4.69, 9.17) is 9.47 Å².